The minimum Gasteiger partial charge on any atom is -0.392 e. The second kappa shape index (κ2) is 8.81. The molecule has 2 atom stereocenters. The maximum atomic E-state index is 12.3. The topological polar surface area (TPSA) is 80.4 Å². The molecule has 0 aliphatic heterocycles. The first-order chi connectivity index (χ1) is 12.0. The fourth-order valence-corrected chi connectivity index (χ4v) is 2.65. The Hall–Kier alpha value is -2.90. The molecule has 2 aromatic carbocycles. The van der Waals surface area contributed by atoms with Crippen LogP contribution in [0.3, 0.4) is 0 Å². The second-order valence-corrected chi connectivity index (χ2v) is 5.92. The Kier molecular flexibility index (Phi) is 6.50. The monoisotopic (exact) mass is 335 g/mol. The standard InChI is InChI=1S/C21H21NO3/c1-2-6-18(21(22)25)19(23)14-11-15-9-12-17(13-10-15)20(24)16-7-4-3-5-8-16/h1,3-5,7-10,12-13,18-19,23H,6,11,14H2,(H2,22,25). The van der Waals surface area contributed by atoms with Crippen molar-refractivity contribution in [3.05, 3.63) is 71.3 Å². The van der Waals surface area contributed by atoms with Gasteiger partial charge in [-0.2, -0.15) is 0 Å². The van der Waals surface area contributed by atoms with Gasteiger partial charge in [-0.3, -0.25) is 9.59 Å². The molecule has 4 heteroatoms. The Bertz CT molecular complexity index is 760. The fraction of sp³-hybridized carbons (Fsp3) is 0.238. The summed E-state index contributed by atoms with van der Waals surface area (Å²) >= 11 is 0. The molecule has 25 heavy (non-hydrogen) atoms. The molecule has 0 spiro atoms. The van der Waals surface area contributed by atoms with Gasteiger partial charge in [-0.05, 0) is 18.4 Å². The fourth-order valence-electron chi connectivity index (χ4n) is 2.65. The molecule has 0 aliphatic rings. The van der Waals surface area contributed by atoms with E-state index in [1.165, 1.54) is 0 Å². The summed E-state index contributed by atoms with van der Waals surface area (Å²) in [5.74, 6) is 1.01. The van der Waals surface area contributed by atoms with Gasteiger partial charge in [-0.25, -0.2) is 0 Å². The number of ketones is 1. The molecule has 0 saturated heterocycles. The lowest BCUT2D eigenvalue weighted by atomic mass is 9.93. The molecular weight excluding hydrogens is 314 g/mol. The lowest BCUT2D eigenvalue weighted by Crippen LogP contribution is -2.33. The van der Waals surface area contributed by atoms with Crippen molar-refractivity contribution in [1.82, 2.24) is 0 Å². The van der Waals surface area contributed by atoms with Gasteiger partial charge in [0.05, 0.1) is 12.0 Å². The van der Waals surface area contributed by atoms with E-state index in [0.29, 0.717) is 24.0 Å². The second-order valence-electron chi connectivity index (χ2n) is 5.92. The molecule has 0 fully saturated rings. The number of aryl methyl sites for hydroxylation is 1. The number of primary amides is 1. The molecule has 128 valence electrons. The third-order valence-electron chi connectivity index (χ3n) is 4.15. The minimum atomic E-state index is -0.876. The van der Waals surface area contributed by atoms with Crippen LogP contribution in [0.15, 0.2) is 54.6 Å². The molecule has 2 unspecified atom stereocenters. The lowest BCUT2D eigenvalue weighted by molar-refractivity contribution is -0.125. The number of rotatable bonds is 8. The summed E-state index contributed by atoms with van der Waals surface area (Å²) in [6, 6.07) is 16.3. The number of benzene rings is 2. The van der Waals surface area contributed by atoms with Crippen LogP contribution in [-0.2, 0) is 11.2 Å². The first kappa shape index (κ1) is 18.4. The van der Waals surface area contributed by atoms with Gasteiger partial charge >= 0.3 is 0 Å². The van der Waals surface area contributed by atoms with Gasteiger partial charge < -0.3 is 10.8 Å². The zero-order valence-corrected chi connectivity index (χ0v) is 13.9. The Morgan fingerprint density at radius 1 is 1.04 bits per heavy atom. The third-order valence-corrected chi connectivity index (χ3v) is 4.15. The van der Waals surface area contributed by atoms with E-state index in [-0.39, 0.29) is 12.2 Å². The van der Waals surface area contributed by atoms with Crippen molar-refractivity contribution in [1.29, 1.82) is 0 Å². The van der Waals surface area contributed by atoms with Crippen LogP contribution >= 0.6 is 0 Å². The number of hydrogen-bond acceptors (Lipinski definition) is 3. The van der Waals surface area contributed by atoms with Crippen molar-refractivity contribution < 1.29 is 14.7 Å². The SMILES string of the molecule is C#CCC(C(N)=O)C(O)CCc1ccc(C(=O)c2ccccc2)cc1. The number of amides is 1. The first-order valence-corrected chi connectivity index (χ1v) is 8.12. The van der Waals surface area contributed by atoms with Gasteiger partial charge in [0.2, 0.25) is 5.91 Å². The Morgan fingerprint density at radius 2 is 1.64 bits per heavy atom. The summed E-state index contributed by atoms with van der Waals surface area (Å²) in [4.78, 5) is 23.7. The van der Waals surface area contributed by atoms with Crippen molar-refractivity contribution in [3.8, 4) is 12.3 Å². The molecule has 0 saturated carbocycles. The highest BCUT2D eigenvalue weighted by Crippen LogP contribution is 2.16. The molecule has 2 rings (SSSR count). The maximum Gasteiger partial charge on any atom is 0.224 e. The first-order valence-electron chi connectivity index (χ1n) is 8.12. The van der Waals surface area contributed by atoms with E-state index in [0.717, 1.165) is 5.56 Å². The average Bonchev–Trinajstić information content (AvgIpc) is 2.64. The maximum absolute atomic E-state index is 12.3. The lowest BCUT2D eigenvalue weighted by Gasteiger charge is -2.17. The summed E-state index contributed by atoms with van der Waals surface area (Å²) < 4.78 is 0. The van der Waals surface area contributed by atoms with E-state index in [4.69, 9.17) is 12.2 Å². The van der Waals surface area contributed by atoms with Crippen LogP contribution in [0.2, 0.25) is 0 Å². The molecule has 4 nitrogen and oxygen atoms in total. The summed E-state index contributed by atoms with van der Waals surface area (Å²) in [6.07, 6.45) is 5.40. The van der Waals surface area contributed by atoms with E-state index < -0.39 is 17.9 Å². The van der Waals surface area contributed by atoms with Crippen LogP contribution in [0.25, 0.3) is 0 Å². The predicted molar refractivity (Wildman–Crippen MR) is 96.8 cm³/mol. The van der Waals surface area contributed by atoms with Crippen LogP contribution in [-0.4, -0.2) is 22.9 Å². The molecule has 0 heterocycles. The van der Waals surface area contributed by atoms with E-state index >= 15 is 0 Å². The Balaban J connectivity index is 1.98. The molecule has 0 bridgehead atoms. The molecule has 1 amide bonds. The van der Waals surface area contributed by atoms with Crippen molar-refractivity contribution in [3.63, 3.8) is 0 Å². The van der Waals surface area contributed by atoms with Crippen molar-refractivity contribution >= 4 is 11.7 Å². The highest BCUT2D eigenvalue weighted by Gasteiger charge is 2.23. The normalized spacial score (nSPS) is 12.8. The Morgan fingerprint density at radius 3 is 2.20 bits per heavy atom. The van der Waals surface area contributed by atoms with Gasteiger partial charge in [0.1, 0.15) is 0 Å². The predicted octanol–water partition coefficient (Wildman–Crippen LogP) is 2.34. The van der Waals surface area contributed by atoms with Gasteiger partial charge in [-0.15, -0.1) is 12.3 Å². The van der Waals surface area contributed by atoms with Gasteiger partial charge in [0.25, 0.3) is 0 Å². The molecule has 3 N–H and O–H groups in total. The van der Waals surface area contributed by atoms with E-state index in [9.17, 15) is 14.7 Å². The molecule has 0 aromatic heterocycles. The average molecular weight is 335 g/mol. The largest absolute Gasteiger partial charge is 0.392 e. The van der Waals surface area contributed by atoms with E-state index in [1.807, 2.05) is 30.3 Å². The zero-order valence-electron chi connectivity index (χ0n) is 13.9. The van der Waals surface area contributed by atoms with Crippen LogP contribution in [0.1, 0.15) is 34.3 Å². The minimum absolute atomic E-state index is 0.0324. The molecular formula is C21H21NO3. The number of nitrogens with two attached hydrogens (primary N) is 1. The van der Waals surface area contributed by atoms with Crippen LogP contribution in [0, 0.1) is 18.3 Å². The number of aliphatic hydroxyl groups is 1. The summed E-state index contributed by atoms with van der Waals surface area (Å²) in [6.45, 7) is 0. The molecule has 2 aromatic rings. The number of carbonyl (C=O) groups excluding carboxylic acids is 2. The van der Waals surface area contributed by atoms with Gasteiger partial charge in [-0.1, -0.05) is 54.6 Å². The van der Waals surface area contributed by atoms with Crippen molar-refractivity contribution in [2.24, 2.45) is 11.7 Å². The highest BCUT2D eigenvalue weighted by atomic mass is 16.3. The van der Waals surface area contributed by atoms with Crippen molar-refractivity contribution in [2.75, 3.05) is 0 Å². The van der Waals surface area contributed by atoms with E-state index in [1.54, 1.807) is 24.3 Å². The summed E-state index contributed by atoms with van der Waals surface area (Å²) in [7, 11) is 0. The number of hydrogen-bond donors (Lipinski definition) is 2. The molecule has 0 radical (unpaired) electrons. The molecule has 0 aliphatic carbocycles. The van der Waals surface area contributed by atoms with Crippen LogP contribution in [0.4, 0.5) is 0 Å². The third kappa shape index (κ3) is 5.03. The number of terminal acetylenes is 1. The van der Waals surface area contributed by atoms with Crippen molar-refractivity contribution in [2.45, 2.75) is 25.4 Å². The number of aliphatic hydroxyl groups excluding tert-OH is 1. The van der Waals surface area contributed by atoms with Crippen LogP contribution < -0.4 is 5.73 Å². The smallest absolute Gasteiger partial charge is 0.224 e. The number of carbonyl (C=O) groups is 2. The Labute approximate surface area is 147 Å². The summed E-state index contributed by atoms with van der Waals surface area (Å²) in [5, 5.41) is 10.1. The summed E-state index contributed by atoms with van der Waals surface area (Å²) in [5.41, 5.74) is 7.49. The quantitative estimate of drug-likeness (QED) is 0.574. The van der Waals surface area contributed by atoms with Gasteiger partial charge in [0, 0.05) is 17.5 Å². The van der Waals surface area contributed by atoms with Crippen LogP contribution in [0.5, 0.6) is 0 Å². The zero-order chi connectivity index (χ0) is 18.2. The highest BCUT2D eigenvalue weighted by molar-refractivity contribution is 6.08. The van der Waals surface area contributed by atoms with E-state index in [2.05, 4.69) is 5.92 Å². The van der Waals surface area contributed by atoms with Gasteiger partial charge in [0.15, 0.2) is 5.78 Å².